The largest absolute Gasteiger partial charge is 0.451 e. The van der Waals surface area contributed by atoms with Crippen LogP contribution in [0.1, 0.15) is 11.5 Å². The smallest absolute Gasteiger partial charge is 0.266 e. The number of anilines is 1. The summed E-state index contributed by atoms with van der Waals surface area (Å²) in [5.74, 6) is 0.533. The van der Waals surface area contributed by atoms with E-state index >= 15 is 0 Å². The molecule has 0 saturated carbocycles. The van der Waals surface area contributed by atoms with Crippen molar-refractivity contribution in [1.82, 2.24) is 10.3 Å². The molecule has 2 aromatic heterocycles. The molecule has 2 heterocycles. The van der Waals surface area contributed by atoms with Crippen LogP contribution in [0.15, 0.2) is 38.4 Å². The van der Waals surface area contributed by atoms with Crippen LogP contribution in [-0.4, -0.2) is 20.4 Å². The average Bonchev–Trinajstić information content (AvgIpc) is 2.71. The van der Waals surface area contributed by atoms with Gasteiger partial charge in [0.15, 0.2) is 4.67 Å². The Bertz CT molecular complexity index is 712. The molecule has 0 radical (unpaired) electrons. The molecule has 2 aromatic rings. The van der Waals surface area contributed by atoms with E-state index in [1.807, 2.05) is 0 Å². The fourth-order valence-electron chi connectivity index (χ4n) is 1.66. The number of aryl methyl sites for hydroxylation is 1. The molecular weight excluding hydrogens is 346 g/mol. The molecule has 0 saturated heterocycles. The Morgan fingerprint density at radius 1 is 1.40 bits per heavy atom. The summed E-state index contributed by atoms with van der Waals surface area (Å²) in [6.45, 7) is 2.24. The Kier molecular flexibility index (Phi) is 4.46. The quantitative estimate of drug-likeness (QED) is 0.855. The van der Waals surface area contributed by atoms with Crippen LogP contribution in [0.25, 0.3) is 0 Å². The standard InChI is InChI=1S/C12H14BrN3O3S/c1-8-5-9(3-4-15-8)16-20(17,18)11-6-10(7-14-2)19-12(11)13/h3-6,14H,7H2,1-2H3,(H,15,16). The van der Waals surface area contributed by atoms with E-state index in [2.05, 4.69) is 31.0 Å². The third kappa shape index (κ3) is 3.38. The molecule has 2 N–H and O–H groups in total. The Morgan fingerprint density at radius 3 is 2.80 bits per heavy atom. The monoisotopic (exact) mass is 359 g/mol. The topological polar surface area (TPSA) is 84.2 Å². The SMILES string of the molecule is CNCc1cc(S(=O)(=O)Nc2ccnc(C)c2)c(Br)o1. The normalized spacial score (nSPS) is 11.6. The van der Waals surface area contributed by atoms with Crippen molar-refractivity contribution in [1.29, 1.82) is 0 Å². The number of pyridine rings is 1. The van der Waals surface area contributed by atoms with E-state index in [9.17, 15) is 8.42 Å². The van der Waals surface area contributed by atoms with Crippen molar-refractivity contribution in [2.24, 2.45) is 0 Å². The number of halogens is 1. The first-order valence-corrected chi connectivity index (χ1v) is 8.08. The predicted molar refractivity (Wildman–Crippen MR) is 79.0 cm³/mol. The summed E-state index contributed by atoms with van der Waals surface area (Å²) in [7, 11) is -1.95. The predicted octanol–water partition coefficient (Wildman–Crippen LogP) is 2.27. The van der Waals surface area contributed by atoms with Crippen LogP contribution in [0.5, 0.6) is 0 Å². The van der Waals surface area contributed by atoms with Crippen LogP contribution >= 0.6 is 15.9 Å². The Hall–Kier alpha value is -1.38. The van der Waals surface area contributed by atoms with Crippen LogP contribution < -0.4 is 10.0 Å². The average molecular weight is 360 g/mol. The van der Waals surface area contributed by atoms with Crippen molar-refractivity contribution in [3.05, 3.63) is 40.5 Å². The van der Waals surface area contributed by atoms with E-state index in [1.165, 1.54) is 6.07 Å². The zero-order valence-electron chi connectivity index (χ0n) is 11.0. The molecule has 2 rings (SSSR count). The highest BCUT2D eigenvalue weighted by Gasteiger charge is 2.22. The number of furan rings is 1. The number of hydrogen-bond donors (Lipinski definition) is 2. The van der Waals surface area contributed by atoms with E-state index in [4.69, 9.17) is 4.42 Å². The van der Waals surface area contributed by atoms with Crippen molar-refractivity contribution in [2.75, 3.05) is 11.8 Å². The lowest BCUT2D eigenvalue weighted by molar-refractivity contribution is 0.470. The van der Waals surface area contributed by atoms with Crippen molar-refractivity contribution >= 4 is 31.6 Å². The molecule has 20 heavy (non-hydrogen) atoms. The molecule has 6 nitrogen and oxygen atoms in total. The van der Waals surface area contributed by atoms with E-state index in [1.54, 1.807) is 32.3 Å². The highest BCUT2D eigenvalue weighted by molar-refractivity contribution is 9.10. The second kappa shape index (κ2) is 5.94. The van der Waals surface area contributed by atoms with E-state index in [0.717, 1.165) is 5.69 Å². The summed E-state index contributed by atoms with van der Waals surface area (Å²) < 4.78 is 32.6. The fraction of sp³-hybridized carbons (Fsp3) is 0.250. The second-order valence-electron chi connectivity index (χ2n) is 4.17. The summed E-state index contributed by atoms with van der Waals surface area (Å²) in [6, 6.07) is 4.73. The number of aromatic nitrogens is 1. The lowest BCUT2D eigenvalue weighted by Gasteiger charge is -2.06. The second-order valence-corrected chi connectivity index (χ2v) is 6.54. The minimum Gasteiger partial charge on any atom is -0.451 e. The zero-order chi connectivity index (χ0) is 14.8. The lowest BCUT2D eigenvalue weighted by Crippen LogP contribution is -2.13. The Morgan fingerprint density at radius 2 is 2.15 bits per heavy atom. The van der Waals surface area contributed by atoms with Crippen LogP contribution in [0.4, 0.5) is 5.69 Å². The van der Waals surface area contributed by atoms with Crippen molar-refractivity contribution in [3.63, 3.8) is 0 Å². The molecular formula is C12H14BrN3O3S. The van der Waals surface area contributed by atoms with Crippen LogP contribution in [0, 0.1) is 6.92 Å². The third-order valence-electron chi connectivity index (χ3n) is 2.50. The van der Waals surface area contributed by atoms with E-state index < -0.39 is 10.0 Å². The highest BCUT2D eigenvalue weighted by atomic mass is 79.9. The van der Waals surface area contributed by atoms with Gasteiger partial charge in [0.1, 0.15) is 10.7 Å². The van der Waals surface area contributed by atoms with Gasteiger partial charge in [-0.2, -0.15) is 0 Å². The molecule has 0 bridgehead atoms. The van der Waals surface area contributed by atoms with Crippen LogP contribution in [0.3, 0.4) is 0 Å². The van der Waals surface area contributed by atoms with Gasteiger partial charge in [-0.3, -0.25) is 9.71 Å². The summed E-state index contributed by atoms with van der Waals surface area (Å²) in [5, 5.41) is 2.90. The molecule has 108 valence electrons. The lowest BCUT2D eigenvalue weighted by atomic mass is 10.3. The number of nitrogens with zero attached hydrogens (tertiary/aromatic N) is 1. The number of sulfonamides is 1. The molecule has 0 aromatic carbocycles. The highest BCUT2D eigenvalue weighted by Crippen LogP contribution is 2.27. The number of rotatable bonds is 5. The zero-order valence-corrected chi connectivity index (χ0v) is 13.4. The van der Waals surface area contributed by atoms with Crippen molar-refractivity contribution in [3.8, 4) is 0 Å². The van der Waals surface area contributed by atoms with Crippen LogP contribution in [-0.2, 0) is 16.6 Å². The first-order valence-electron chi connectivity index (χ1n) is 5.80. The van der Waals surface area contributed by atoms with Gasteiger partial charge < -0.3 is 9.73 Å². The molecule has 0 atom stereocenters. The van der Waals surface area contributed by atoms with Crippen molar-refractivity contribution in [2.45, 2.75) is 18.4 Å². The fourth-order valence-corrected chi connectivity index (χ4v) is 3.71. The van der Waals surface area contributed by atoms with Gasteiger partial charge >= 0.3 is 0 Å². The van der Waals surface area contributed by atoms with Gasteiger partial charge in [-0.25, -0.2) is 8.42 Å². The van der Waals surface area contributed by atoms with Gasteiger partial charge in [0.25, 0.3) is 10.0 Å². The molecule has 0 aliphatic rings. The maximum absolute atomic E-state index is 12.3. The molecule has 0 unspecified atom stereocenters. The minimum atomic E-state index is -3.70. The molecule has 0 aliphatic heterocycles. The third-order valence-corrected chi connectivity index (χ3v) is 4.73. The molecule has 0 fully saturated rings. The first kappa shape index (κ1) is 15.0. The molecule has 0 aliphatic carbocycles. The first-order chi connectivity index (χ1) is 9.42. The maximum Gasteiger partial charge on any atom is 0.266 e. The van der Waals surface area contributed by atoms with Gasteiger partial charge in [0.2, 0.25) is 0 Å². The minimum absolute atomic E-state index is 0.0669. The van der Waals surface area contributed by atoms with E-state index in [0.29, 0.717) is 18.0 Å². The van der Waals surface area contributed by atoms with Gasteiger partial charge in [-0.05, 0) is 42.0 Å². The van der Waals surface area contributed by atoms with Gasteiger partial charge in [-0.15, -0.1) is 0 Å². The summed E-state index contributed by atoms with van der Waals surface area (Å²) in [6.07, 6.45) is 1.55. The molecule has 0 spiro atoms. The molecule has 0 amide bonds. The van der Waals surface area contributed by atoms with Crippen molar-refractivity contribution < 1.29 is 12.8 Å². The summed E-state index contributed by atoms with van der Waals surface area (Å²) in [4.78, 5) is 4.08. The Balaban J connectivity index is 2.30. The maximum atomic E-state index is 12.3. The van der Waals surface area contributed by atoms with Gasteiger partial charge in [0.05, 0.1) is 12.2 Å². The van der Waals surface area contributed by atoms with E-state index in [-0.39, 0.29) is 9.56 Å². The van der Waals surface area contributed by atoms with Gasteiger partial charge in [-0.1, -0.05) is 0 Å². The number of nitrogens with one attached hydrogen (secondary N) is 2. The Labute approximate surface area is 125 Å². The van der Waals surface area contributed by atoms with Gasteiger partial charge in [0, 0.05) is 18.0 Å². The van der Waals surface area contributed by atoms with Crippen LogP contribution in [0.2, 0.25) is 0 Å². The summed E-state index contributed by atoms with van der Waals surface area (Å²) in [5.41, 5.74) is 1.19. The molecule has 8 heteroatoms. The number of hydrogen-bond acceptors (Lipinski definition) is 5. The summed E-state index contributed by atoms with van der Waals surface area (Å²) >= 11 is 3.12.